The van der Waals surface area contributed by atoms with Crippen molar-refractivity contribution in [2.75, 3.05) is 6.54 Å². The van der Waals surface area contributed by atoms with Crippen LogP contribution in [0.4, 0.5) is 5.69 Å². The van der Waals surface area contributed by atoms with Gasteiger partial charge < -0.3 is 9.26 Å². The zero-order chi connectivity index (χ0) is 26.0. The van der Waals surface area contributed by atoms with E-state index >= 15 is 0 Å². The van der Waals surface area contributed by atoms with E-state index in [0.29, 0.717) is 28.7 Å². The summed E-state index contributed by atoms with van der Waals surface area (Å²) in [6.07, 6.45) is 2.69. The summed E-state index contributed by atoms with van der Waals surface area (Å²) >= 11 is 0. The zero-order valence-corrected chi connectivity index (χ0v) is 22.7. The molecule has 4 rings (SSSR count). The van der Waals surface area contributed by atoms with E-state index in [-0.39, 0.29) is 16.9 Å². The molecule has 2 atom stereocenters. The smallest absolute Gasteiger partial charge is 0.256 e. The van der Waals surface area contributed by atoms with Crippen molar-refractivity contribution in [3.8, 4) is 28.6 Å². The first kappa shape index (κ1) is 26.1. The molecule has 0 fully saturated rings. The molecule has 0 saturated heterocycles. The van der Waals surface area contributed by atoms with E-state index in [9.17, 15) is 4.21 Å². The van der Waals surface area contributed by atoms with Crippen molar-refractivity contribution in [2.45, 2.75) is 77.7 Å². The predicted molar refractivity (Wildman–Crippen MR) is 143 cm³/mol. The minimum Gasteiger partial charge on any atom is -0.502 e. The van der Waals surface area contributed by atoms with Crippen LogP contribution in [0.2, 0.25) is 0 Å². The number of hydrogen-bond donors (Lipinski definition) is 0. The molecule has 3 aromatic rings. The Balaban J connectivity index is 1.66. The molecule has 0 amide bonds. The van der Waals surface area contributed by atoms with Crippen LogP contribution in [0, 0.1) is 6.57 Å². The summed E-state index contributed by atoms with van der Waals surface area (Å²) in [4.78, 5) is 8.28. The summed E-state index contributed by atoms with van der Waals surface area (Å²) in [6.45, 7) is 20.4. The van der Waals surface area contributed by atoms with Crippen LogP contribution >= 0.6 is 0 Å². The first-order valence-corrected chi connectivity index (χ1v) is 13.6. The van der Waals surface area contributed by atoms with Gasteiger partial charge in [0.05, 0.1) is 17.4 Å². The lowest BCUT2D eigenvalue weighted by molar-refractivity contribution is 0.244. The summed E-state index contributed by atoms with van der Waals surface area (Å²) in [5.74, 6) is 1.42. The lowest BCUT2D eigenvalue weighted by Crippen LogP contribution is -2.39. The number of nitrogens with zero attached hydrogens (tertiary/aromatic N) is 4. The fourth-order valence-electron chi connectivity index (χ4n) is 4.61. The number of benzene rings is 2. The minimum absolute atomic E-state index is 0.0237. The molecule has 2 aromatic carbocycles. The Hall–Kier alpha value is -3.02. The van der Waals surface area contributed by atoms with Gasteiger partial charge in [-0.3, -0.25) is 0 Å². The fraction of sp³-hybridized carbons (Fsp3) is 0.464. The van der Waals surface area contributed by atoms with Gasteiger partial charge in [0.2, 0.25) is 11.5 Å². The van der Waals surface area contributed by atoms with Crippen LogP contribution in [-0.2, 0) is 17.4 Å². The summed E-state index contributed by atoms with van der Waals surface area (Å²) in [7, 11) is -1.10. The second-order valence-corrected chi connectivity index (χ2v) is 12.5. The van der Waals surface area contributed by atoms with Gasteiger partial charge in [0.1, 0.15) is 16.7 Å². The van der Waals surface area contributed by atoms with Crippen molar-refractivity contribution in [1.82, 2.24) is 14.4 Å². The van der Waals surface area contributed by atoms with Crippen LogP contribution < -0.4 is 4.74 Å². The molecular formula is C28H34N4O3S. The lowest BCUT2D eigenvalue weighted by Gasteiger charge is -2.33. The number of hydrogen-bond acceptors (Lipinski definition) is 5. The molecule has 1 aliphatic rings. The molecule has 0 aliphatic heterocycles. The first-order valence-electron chi connectivity index (χ1n) is 12.5. The number of fused-ring (bicyclic) bond motifs is 1. The van der Waals surface area contributed by atoms with Crippen LogP contribution in [0.25, 0.3) is 27.7 Å². The highest BCUT2D eigenvalue weighted by Gasteiger charge is 2.36. The maximum Gasteiger partial charge on any atom is 0.256 e. The monoisotopic (exact) mass is 506 g/mol. The van der Waals surface area contributed by atoms with Crippen molar-refractivity contribution in [1.29, 1.82) is 0 Å². The van der Waals surface area contributed by atoms with Gasteiger partial charge in [0.15, 0.2) is 0 Å². The van der Waals surface area contributed by atoms with Crippen molar-refractivity contribution >= 4 is 16.7 Å². The van der Waals surface area contributed by atoms with Gasteiger partial charge in [-0.15, -0.1) is 0 Å². The molecule has 0 N–H and O–H groups in total. The van der Waals surface area contributed by atoms with E-state index in [2.05, 4.69) is 32.3 Å². The molecule has 1 aromatic heterocycles. The summed E-state index contributed by atoms with van der Waals surface area (Å²) < 4.78 is 26.6. The maximum atomic E-state index is 13.4. The molecular weight excluding hydrogens is 472 g/mol. The summed E-state index contributed by atoms with van der Waals surface area (Å²) in [6, 6.07) is 11.6. The number of ether oxygens (including phenoxy) is 1. The Morgan fingerprint density at radius 1 is 1.28 bits per heavy atom. The molecule has 8 heteroatoms. The Bertz CT molecular complexity index is 1300. The van der Waals surface area contributed by atoms with Gasteiger partial charge in [-0.1, -0.05) is 30.3 Å². The van der Waals surface area contributed by atoms with Gasteiger partial charge in [-0.05, 0) is 83.2 Å². The molecule has 7 nitrogen and oxygen atoms in total. The lowest BCUT2D eigenvalue weighted by atomic mass is 10.0. The predicted octanol–water partition coefficient (Wildman–Crippen LogP) is 6.90. The van der Waals surface area contributed by atoms with Crippen molar-refractivity contribution in [2.24, 2.45) is 0 Å². The molecule has 1 unspecified atom stereocenters. The molecule has 1 aliphatic carbocycles. The average molecular weight is 507 g/mol. The van der Waals surface area contributed by atoms with Crippen LogP contribution in [0.1, 0.15) is 71.6 Å². The number of rotatable bonds is 8. The van der Waals surface area contributed by atoms with Gasteiger partial charge in [0.25, 0.3) is 5.89 Å². The van der Waals surface area contributed by atoms with Crippen LogP contribution in [0.5, 0.6) is 5.75 Å². The molecule has 0 bridgehead atoms. The summed E-state index contributed by atoms with van der Waals surface area (Å²) in [5, 5.41) is 4.28. The average Bonchev–Trinajstić information content (AvgIpc) is 3.49. The van der Waals surface area contributed by atoms with E-state index in [0.717, 1.165) is 31.4 Å². The van der Waals surface area contributed by atoms with Gasteiger partial charge >= 0.3 is 0 Å². The first-order chi connectivity index (χ1) is 17.1. The van der Waals surface area contributed by atoms with Gasteiger partial charge in [-0.2, -0.15) is 4.98 Å². The molecule has 0 spiro atoms. The second-order valence-electron chi connectivity index (χ2n) is 10.3. The highest BCUT2D eigenvalue weighted by Crippen LogP contribution is 2.42. The van der Waals surface area contributed by atoms with Crippen molar-refractivity contribution < 1.29 is 13.5 Å². The topological polar surface area (TPSA) is 72.8 Å². The SMILES string of the molecule is [C-]#[N+]c1cc(-c2nc(-c3cccc4c3CC[C@@H]4N(CCC)S(=O)C(C)(C)C)no2)ccc1OC(C)C. The van der Waals surface area contributed by atoms with E-state index in [1.54, 1.807) is 12.1 Å². The third kappa shape index (κ3) is 5.23. The zero-order valence-electron chi connectivity index (χ0n) is 21.9. The van der Waals surface area contributed by atoms with E-state index in [1.165, 1.54) is 11.1 Å². The Morgan fingerprint density at radius 2 is 2.06 bits per heavy atom. The molecule has 0 radical (unpaired) electrons. The summed E-state index contributed by atoms with van der Waals surface area (Å²) in [5.41, 5.74) is 4.40. The highest BCUT2D eigenvalue weighted by molar-refractivity contribution is 7.84. The highest BCUT2D eigenvalue weighted by atomic mass is 32.2. The maximum absolute atomic E-state index is 13.4. The van der Waals surface area contributed by atoms with Crippen LogP contribution in [0.15, 0.2) is 40.9 Å². The van der Waals surface area contributed by atoms with Crippen molar-refractivity contribution in [3.63, 3.8) is 0 Å². The number of aromatic nitrogens is 2. The third-order valence-electron chi connectivity index (χ3n) is 6.12. The van der Waals surface area contributed by atoms with Gasteiger partial charge in [0, 0.05) is 23.7 Å². The molecule has 36 heavy (non-hydrogen) atoms. The fourth-order valence-corrected chi connectivity index (χ4v) is 6.11. The molecule has 190 valence electrons. The largest absolute Gasteiger partial charge is 0.502 e. The normalized spacial score (nSPS) is 16.2. The second kappa shape index (κ2) is 10.5. The third-order valence-corrected chi connectivity index (χ3v) is 8.03. The van der Waals surface area contributed by atoms with Crippen molar-refractivity contribution in [3.05, 3.63) is 58.9 Å². The standard InChI is InChI=1S/C28H34N4O3S/c1-8-16-32(36(33)28(4,5)6)24-14-13-20-21(24)10-9-11-22(20)26-30-27(35-31-26)19-12-15-25(34-18(2)3)23(17-19)29-7/h9-12,15,17-18,24H,8,13-14,16H2,1-6H3/t24-,36?/m0/s1. The van der Waals surface area contributed by atoms with Crippen LogP contribution in [0.3, 0.4) is 0 Å². The van der Waals surface area contributed by atoms with Gasteiger partial charge in [-0.25, -0.2) is 13.4 Å². The Morgan fingerprint density at radius 3 is 2.72 bits per heavy atom. The van der Waals surface area contributed by atoms with E-state index in [1.807, 2.05) is 52.8 Å². The van der Waals surface area contributed by atoms with E-state index in [4.69, 9.17) is 15.8 Å². The molecule has 0 saturated carbocycles. The molecule has 1 heterocycles. The van der Waals surface area contributed by atoms with Crippen LogP contribution in [-0.4, -0.2) is 36.1 Å². The van der Waals surface area contributed by atoms with E-state index < -0.39 is 11.0 Å². The quantitative estimate of drug-likeness (QED) is 0.311. The minimum atomic E-state index is -1.10. The Labute approximate surface area is 216 Å². The Kier molecular flexibility index (Phi) is 7.62.